The van der Waals surface area contributed by atoms with Crippen molar-refractivity contribution in [1.29, 1.82) is 0 Å². The first-order valence-corrected chi connectivity index (χ1v) is 12.4. The number of nitrogens with one attached hydrogen (secondary N) is 2. The highest BCUT2D eigenvalue weighted by molar-refractivity contribution is 7.85. The lowest BCUT2D eigenvalue weighted by molar-refractivity contribution is 0.0701. The van der Waals surface area contributed by atoms with Crippen LogP contribution in [0.1, 0.15) is 20.9 Å². The van der Waals surface area contributed by atoms with Gasteiger partial charge in [-0.15, -0.1) is 0 Å². The van der Waals surface area contributed by atoms with Crippen LogP contribution in [0, 0.1) is 6.92 Å². The smallest absolute Gasteiger partial charge is 0.347 e. The zero-order chi connectivity index (χ0) is 24.3. The number of hydrogen-bond acceptors (Lipinski definition) is 11. The molecule has 1 aliphatic rings. The minimum atomic E-state index is -4.25. The lowest BCUT2D eigenvalue weighted by Gasteiger charge is -2.28. The van der Waals surface area contributed by atoms with Gasteiger partial charge in [0.15, 0.2) is 5.13 Å². The normalized spacial score (nSPS) is 14.1. The van der Waals surface area contributed by atoms with E-state index in [1.54, 1.807) is 25.1 Å². The summed E-state index contributed by atoms with van der Waals surface area (Å²) in [5.41, 5.74) is 1.17. The lowest BCUT2D eigenvalue weighted by Crippen LogP contribution is -2.36. The SMILES string of the molecule is Cc1nc(Nc2nc(NCc3ccc(S(=O)(=O)O)cc3)cc(N3CCOCC3)n2)sc1C(=O)O. The van der Waals surface area contributed by atoms with E-state index in [4.69, 9.17) is 9.29 Å². The second kappa shape index (κ2) is 9.89. The Morgan fingerprint density at radius 1 is 1.18 bits per heavy atom. The Labute approximate surface area is 199 Å². The molecule has 3 heterocycles. The molecule has 0 atom stereocenters. The van der Waals surface area contributed by atoms with Gasteiger partial charge in [-0.05, 0) is 24.6 Å². The molecule has 0 aliphatic carbocycles. The Hall–Kier alpha value is -3.33. The molecule has 12 nitrogen and oxygen atoms in total. The molecule has 0 unspecified atom stereocenters. The number of thiazole rings is 1. The van der Waals surface area contributed by atoms with Gasteiger partial charge in [-0.2, -0.15) is 18.4 Å². The van der Waals surface area contributed by atoms with E-state index in [9.17, 15) is 18.3 Å². The highest BCUT2D eigenvalue weighted by Gasteiger charge is 2.18. The first-order valence-electron chi connectivity index (χ1n) is 10.2. The van der Waals surface area contributed by atoms with E-state index in [-0.39, 0.29) is 15.7 Å². The van der Waals surface area contributed by atoms with Gasteiger partial charge in [-0.1, -0.05) is 23.5 Å². The summed E-state index contributed by atoms with van der Waals surface area (Å²) in [6, 6.07) is 7.61. The molecule has 1 aliphatic heterocycles. The molecule has 1 saturated heterocycles. The number of carbonyl (C=O) groups is 1. The molecule has 0 radical (unpaired) electrons. The van der Waals surface area contributed by atoms with E-state index < -0.39 is 16.1 Å². The number of aryl methyl sites for hydroxylation is 1. The van der Waals surface area contributed by atoms with Crippen LogP contribution in [0.4, 0.5) is 22.7 Å². The molecule has 4 rings (SSSR count). The highest BCUT2D eigenvalue weighted by Crippen LogP contribution is 2.27. The third kappa shape index (κ3) is 5.77. The molecular formula is C20H22N6O6S2. The van der Waals surface area contributed by atoms with Crippen molar-refractivity contribution in [2.45, 2.75) is 18.4 Å². The maximum Gasteiger partial charge on any atom is 0.347 e. The Balaban J connectivity index is 1.57. The summed E-state index contributed by atoms with van der Waals surface area (Å²) >= 11 is 0.998. The minimum Gasteiger partial charge on any atom is -0.477 e. The van der Waals surface area contributed by atoms with Crippen LogP contribution in [0.3, 0.4) is 0 Å². The molecule has 4 N–H and O–H groups in total. The first kappa shape index (κ1) is 23.8. The molecule has 180 valence electrons. The third-order valence-electron chi connectivity index (χ3n) is 4.95. The fraction of sp³-hybridized carbons (Fsp3) is 0.300. The van der Waals surface area contributed by atoms with Gasteiger partial charge in [0, 0.05) is 25.7 Å². The minimum absolute atomic E-state index is 0.138. The molecule has 14 heteroatoms. The summed E-state index contributed by atoms with van der Waals surface area (Å²) in [7, 11) is -4.25. The summed E-state index contributed by atoms with van der Waals surface area (Å²) in [4.78, 5) is 26.6. The van der Waals surface area contributed by atoms with Gasteiger partial charge in [-0.3, -0.25) is 9.87 Å². The van der Waals surface area contributed by atoms with E-state index in [0.29, 0.717) is 55.3 Å². The van der Waals surface area contributed by atoms with Crippen molar-refractivity contribution < 1.29 is 27.6 Å². The fourth-order valence-corrected chi connectivity index (χ4v) is 4.53. The van der Waals surface area contributed by atoms with Crippen LogP contribution < -0.4 is 15.5 Å². The van der Waals surface area contributed by atoms with E-state index in [0.717, 1.165) is 16.9 Å². The van der Waals surface area contributed by atoms with Gasteiger partial charge >= 0.3 is 5.97 Å². The van der Waals surface area contributed by atoms with Crippen molar-refractivity contribution in [3.63, 3.8) is 0 Å². The molecule has 0 bridgehead atoms. The number of rotatable bonds is 8. The Morgan fingerprint density at radius 3 is 2.50 bits per heavy atom. The van der Waals surface area contributed by atoms with Gasteiger partial charge in [0.05, 0.1) is 23.8 Å². The molecule has 3 aromatic rings. The van der Waals surface area contributed by atoms with E-state index in [1.165, 1.54) is 12.1 Å². The number of carboxylic acids is 1. The van der Waals surface area contributed by atoms with E-state index >= 15 is 0 Å². The largest absolute Gasteiger partial charge is 0.477 e. The second-order valence-corrected chi connectivity index (χ2v) is 9.79. The topological polar surface area (TPSA) is 167 Å². The molecular weight excluding hydrogens is 484 g/mol. The number of morpholine rings is 1. The van der Waals surface area contributed by atoms with Gasteiger partial charge in [-0.25, -0.2) is 9.78 Å². The lowest BCUT2D eigenvalue weighted by atomic mass is 10.2. The zero-order valence-corrected chi connectivity index (χ0v) is 19.7. The summed E-state index contributed by atoms with van der Waals surface area (Å²) in [6.45, 7) is 4.42. The van der Waals surface area contributed by atoms with Gasteiger partial charge in [0.1, 0.15) is 16.5 Å². The molecule has 1 fully saturated rings. The number of benzene rings is 1. The van der Waals surface area contributed by atoms with Crippen LogP contribution in [0.25, 0.3) is 0 Å². The van der Waals surface area contributed by atoms with Crippen molar-refractivity contribution in [3.8, 4) is 0 Å². The second-order valence-electron chi connectivity index (χ2n) is 7.37. The number of hydrogen-bond donors (Lipinski definition) is 4. The van der Waals surface area contributed by atoms with Crippen molar-refractivity contribution in [2.24, 2.45) is 0 Å². The average molecular weight is 507 g/mol. The number of anilines is 4. The molecule has 34 heavy (non-hydrogen) atoms. The standard InChI is InChI=1S/C20H22N6O6S2/c1-12-17(18(27)28)33-20(22-12)25-19-23-15(10-16(24-19)26-6-8-32-9-7-26)21-11-13-2-4-14(5-3-13)34(29,30)31/h2-5,10H,6-9,11H2,1H3,(H,27,28)(H,29,30,31)(H2,21,22,23,24,25). The van der Waals surface area contributed by atoms with Crippen LogP contribution in [-0.2, 0) is 21.4 Å². The molecule has 0 amide bonds. The summed E-state index contributed by atoms with van der Waals surface area (Å²) in [5.74, 6) is 0.369. The molecule has 0 spiro atoms. The summed E-state index contributed by atoms with van der Waals surface area (Å²) in [6.07, 6.45) is 0. The molecule has 1 aromatic carbocycles. The Kier molecular flexibility index (Phi) is 6.92. The fourth-order valence-electron chi connectivity index (χ4n) is 3.25. The Morgan fingerprint density at radius 2 is 1.88 bits per heavy atom. The van der Waals surface area contributed by atoms with E-state index in [2.05, 4.69) is 30.5 Å². The number of nitrogens with zero attached hydrogens (tertiary/aromatic N) is 4. The average Bonchev–Trinajstić information content (AvgIpc) is 3.18. The van der Waals surface area contributed by atoms with Crippen LogP contribution in [0.15, 0.2) is 35.2 Å². The quantitative estimate of drug-likeness (QED) is 0.330. The van der Waals surface area contributed by atoms with Crippen LogP contribution >= 0.6 is 11.3 Å². The van der Waals surface area contributed by atoms with Crippen molar-refractivity contribution in [3.05, 3.63) is 46.5 Å². The number of ether oxygens (including phenoxy) is 1. The number of aromatic nitrogens is 3. The van der Waals surface area contributed by atoms with Crippen LogP contribution in [0.2, 0.25) is 0 Å². The van der Waals surface area contributed by atoms with Crippen molar-refractivity contribution in [2.75, 3.05) is 41.8 Å². The van der Waals surface area contributed by atoms with Crippen molar-refractivity contribution >= 4 is 50.1 Å². The third-order valence-corrected chi connectivity index (χ3v) is 6.88. The number of carboxylic acid groups (broad SMARTS) is 1. The van der Waals surface area contributed by atoms with Crippen molar-refractivity contribution in [1.82, 2.24) is 15.0 Å². The number of aromatic carboxylic acids is 1. The molecule has 0 saturated carbocycles. The predicted molar refractivity (Wildman–Crippen MR) is 126 cm³/mol. The monoisotopic (exact) mass is 506 g/mol. The van der Waals surface area contributed by atoms with Crippen LogP contribution in [-0.4, -0.2) is 65.3 Å². The van der Waals surface area contributed by atoms with Gasteiger partial charge < -0.3 is 20.1 Å². The van der Waals surface area contributed by atoms with Gasteiger partial charge in [0.25, 0.3) is 10.1 Å². The van der Waals surface area contributed by atoms with Crippen LogP contribution in [0.5, 0.6) is 0 Å². The molecule has 2 aromatic heterocycles. The zero-order valence-electron chi connectivity index (χ0n) is 18.1. The summed E-state index contributed by atoms with van der Waals surface area (Å²) < 4.78 is 37.0. The maximum absolute atomic E-state index is 11.3. The Bertz CT molecular complexity index is 1290. The summed E-state index contributed by atoms with van der Waals surface area (Å²) in [5, 5.41) is 15.8. The first-order chi connectivity index (χ1) is 16.2. The maximum atomic E-state index is 11.3. The van der Waals surface area contributed by atoms with E-state index in [1.807, 2.05) is 0 Å². The van der Waals surface area contributed by atoms with Gasteiger partial charge in [0.2, 0.25) is 5.95 Å². The highest BCUT2D eigenvalue weighted by atomic mass is 32.2. The predicted octanol–water partition coefficient (Wildman–Crippen LogP) is 2.38.